The molecule has 0 radical (unpaired) electrons. The highest BCUT2D eigenvalue weighted by Gasteiger charge is 2.16. The quantitative estimate of drug-likeness (QED) is 0.752. The van der Waals surface area contributed by atoms with Gasteiger partial charge in [-0.05, 0) is 42.3 Å². The number of hydrogen-bond donors (Lipinski definition) is 1. The monoisotopic (exact) mass is 359 g/mol. The number of rotatable bonds is 5. The standard InChI is InChI=1S/C18H17NO5S/c1-11(18(20)21)13-5-8-16-15(10-13)19-17(24-16)9-12-3-6-14(7-4-12)25(2,22)23/h3-8,10-11H,9H2,1-2H3,(H,20,21). The van der Waals surface area contributed by atoms with Crippen molar-refractivity contribution in [3.05, 3.63) is 59.5 Å². The summed E-state index contributed by atoms with van der Waals surface area (Å²) in [6.07, 6.45) is 1.58. The average Bonchev–Trinajstić information content (AvgIpc) is 2.94. The number of oxazole rings is 1. The van der Waals surface area contributed by atoms with Gasteiger partial charge in [0.25, 0.3) is 0 Å². The zero-order chi connectivity index (χ0) is 18.2. The molecule has 6 nitrogen and oxygen atoms in total. The van der Waals surface area contributed by atoms with Crippen molar-refractivity contribution in [2.24, 2.45) is 0 Å². The average molecular weight is 359 g/mol. The molecule has 1 atom stereocenters. The Kier molecular flexibility index (Phi) is 4.34. The number of hydrogen-bond acceptors (Lipinski definition) is 5. The lowest BCUT2D eigenvalue weighted by Crippen LogP contribution is -2.06. The number of aromatic nitrogens is 1. The minimum atomic E-state index is -3.22. The van der Waals surface area contributed by atoms with E-state index >= 15 is 0 Å². The Balaban J connectivity index is 1.86. The topological polar surface area (TPSA) is 97.5 Å². The van der Waals surface area contributed by atoms with Crippen LogP contribution in [0.15, 0.2) is 51.8 Å². The van der Waals surface area contributed by atoms with Gasteiger partial charge in [-0.1, -0.05) is 18.2 Å². The smallest absolute Gasteiger partial charge is 0.310 e. The second-order valence-electron chi connectivity index (χ2n) is 5.99. The van der Waals surface area contributed by atoms with Crippen LogP contribution in [0, 0.1) is 0 Å². The van der Waals surface area contributed by atoms with Gasteiger partial charge in [-0.15, -0.1) is 0 Å². The lowest BCUT2D eigenvalue weighted by Gasteiger charge is -2.04. The molecule has 0 bridgehead atoms. The lowest BCUT2D eigenvalue weighted by molar-refractivity contribution is -0.138. The van der Waals surface area contributed by atoms with Crippen LogP contribution in [0.4, 0.5) is 0 Å². The molecular weight excluding hydrogens is 342 g/mol. The molecule has 130 valence electrons. The molecule has 3 aromatic rings. The molecule has 0 fully saturated rings. The first kappa shape index (κ1) is 17.2. The third-order valence-corrected chi connectivity index (χ3v) is 5.16. The summed E-state index contributed by atoms with van der Waals surface area (Å²) in [4.78, 5) is 15.8. The first-order valence-electron chi connectivity index (χ1n) is 7.65. The minimum Gasteiger partial charge on any atom is -0.481 e. The van der Waals surface area contributed by atoms with E-state index in [2.05, 4.69) is 4.98 Å². The molecule has 1 aromatic heterocycles. The van der Waals surface area contributed by atoms with Crippen LogP contribution >= 0.6 is 0 Å². The molecule has 2 aromatic carbocycles. The van der Waals surface area contributed by atoms with E-state index in [1.54, 1.807) is 49.4 Å². The predicted octanol–water partition coefficient (Wildman–Crippen LogP) is 3.01. The van der Waals surface area contributed by atoms with Crippen molar-refractivity contribution >= 4 is 26.9 Å². The molecule has 0 amide bonds. The van der Waals surface area contributed by atoms with Crippen LogP contribution in [-0.4, -0.2) is 30.7 Å². The molecule has 0 aliphatic carbocycles. The van der Waals surface area contributed by atoms with Crippen molar-refractivity contribution in [2.45, 2.75) is 24.2 Å². The number of carboxylic acids is 1. The predicted molar refractivity (Wildman–Crippen MR) is 92.4 cm³/mol. The van der Waals surface area contributed by atoms with Gasteiger partial charge in [-0.25, -0.2) is 13.4 Å². The molecule has 0 aliphatic rings. The summed E-state index contributed by atoms with van der Waals surface area (Å²) >= 11 is 0. The van der Waals surface area contributed by atoms with Crippen molar-refractivity contribution in [3.8, 4) is 0 Å². The van der Waals surface area contributed by atoms with Crippen molar-refractivity contribution in [3.63, 3.8) is 0 Å². The van der Waals surface area contributed by atoms with Crippen LogP contribution in [0.25, 0.3) is 11.1 Å². The Labute approximate surface area is 145 Å². The number of sulfone groups is 1. The Morgan fingerprint density at radius 3 is 2.48 bits per heavy atom. The summed E-state index contributed by atoms with van der Waals surface area (Å²) in [6.45, 7) is 1.62. The highest BCUT2D eigenvalue weighted by atomic mass is 32.2. The number of nitrogens with zero attached hydrogens (tertiary/aromatic N) is 1. The summed E-state index contributed by atoms with van der Waals surface area (Å²) in [5, 5.41) is 9.10. The highest BCUT2D eigenvalue weighted by molar-refractivity contribution is 7.90. The molecule has 25 heavy (non-hydrogen) atoms. The molecular formula is C18H17NO5S. The second-order valence-corrected chi connectivity index (χ2v) is 8.00. The van der Waals surface area contributed by atoms with Crippen LogP contribution in [0.5, 0.6) is 0 Å². The fraction of sp³-hybridized carbons (Fsp3) is 0.222. The molecule has 3 rings (SSSR count). The lowest BCUT2D eigenvalue weighted by atomic mass is 10.0. The van der Waals surface area contributed by atoms with Gasteiger partial charge in [0.05, 0.1) is 10.8 Å². The summed E-state index contributed by atoms with van der Waals surface area (Å²) in [5.41, 5.74) is 2.73. The number of benzene rings is 2. The summed E-state index contributed by atoms with van der Waals surface area (Å²) < 4.78 is 28.7. The Hall–Kier alpha value is -2.67. The molecule has 7 heteroatoms. The van der Waals surface area contributed by atoms with Gasteiger partial charge < -0.3 is 9.52 Å². The molecule has 0 spiro atoms. The first-order valence-corrected chi connectivity index (χ1v) is 9.54. The van der Waals surface area contributed by atoms with Gasteiger partial charge in [-0.3, -0.25) is 4.79 Å². The zero-order valence-electron chi connectivity index (χ0n) is 13.8. The van der Waals surface area contributed by atoms with E-state index in [0.29, 0.717) is 29.0 Å². The Morgan fingerprint density at radius 1 is 1.20 bits per heavy atom. The van der Waals surface area contributed by atoms with E-state index in [9.17, 15) is 13.2 Å². The molecule has 0 saturated carbocycles. The molecule has 1 N–H and O–H groups in total. The molecule has 1 unspecified atom stereocenters. The fourth-order valence-electron chi connectivity index (χ4n) is 2.51. The maximum absolute atomic E-state index is 11.5. The van der Waals surface area contributed by atoms with Crippen molar-refractivity contribution in [1.82, 2.24) is 4.98 Å². The van der Waals surface area contributed by atoms with E-state index in [4.69, 9.17) is 9.52 Å². The van der Waals surface area contributed by atoms with E-state index < -0.39 is 21.7 Å². The van der Waals surface area contributed by atoms with Crippen LogP contribution in [-0.2, 0) is 21.1 Å². The zero-order valence-corrected chi connectivity index (χ0v) is 14.6. The third-order valence-electron chi connectivity index (χ3n) is 4.03. The van der Waals surface area contributed by atoms with Gasteiger partial charge >= 0.3 is 5.97 Å². The Bertz CT molecular complexity index is 1040. The van der Waals surface area contributed by atoms with Crippen molar-refractivity contribution in [1.29, 1.82) is 0 Å². The van der Waals surface area contributed by atoms with Gasteiger partial charge in [-0.2, -0.15) is 0 Å². The van der Waals surface area contributed by atoms with Crippen LogP contribution in [0.2, 0.25) is 0 Å². The number of aliphatic carboxylic acids is 1. The van der Waals surface area contributed by atoms with Gasteiger partial charge in [0.15, 0.2) is 21.3 Å². The summed E-state index contributed by atoms with van der Waals surface area (Å²) in [6, 6.07) is 11.7. The van der Waals surface area contributed by atoms with E-state index in [-0.39, 0.29) is 4.90 Å². The fourth-order valence-corrected chi connectivity index (χ4v) is 3.14. The Morgan fingerprint density at radius 2 is 1.88 bits per heavy atom. The largest absolute Gasteiger partial charge is 0.481 e. The summed E-state index contributed by atoms with van der Waals surface area (Å²) in [5.74, 6) is -1.02. The van der Waals surface area contributed by atoms with Gasteiger partial charge in [0, 0.05) is 12.7 Å². The van der Waals surface area contributed by atoms with Crippen molar-refractivity contribution in [2.75, 3.05) is 6.26 Å². The van der Waals surface area contributed by atoms with Crippen LogP contribution < -0.4 is 0 Å². The molecule has 0 aliphatic heterocycles. The first-order chi connectivity index (χ1) is 11.7. The maximum atomic E-state index is 11.5. The van der Waals surface area contributed by atoms with Gasteiger partial charge in [0.2, 0.25) is 0 Å². The van der Waals surface area contributed by atoms with E-state index in [1.165, 1.54) is 6.26 Å². The SMILES string of the molecule is CC(C(=O)O)c1ccc2oc(Cc3ccc(S(C)(=O)=O)cc3)nc2c1. The second kappa shape index (κ2) is 6.33. The number of carboxylic acid groups (broad SMARTS) is 1. The van der Waals surface area contributed by atoms with E-state index in [0.717, 1.165) is 5.56 Å². The van der Waals surface area contributed by atoms with Gasteiger partial charge in [0.1, 0.15) is 5.52 Å². The van der Waals surface area contributed by atoms with Crippen LogP contribution in [0.3, 0.4) is 0 Å². The van der Waals surface area contributed by atoms with E-state index in [1.807, 2.05) is 0 Å². The minimum absolute atomic E-state index is 0.265. The number of carbonyl (C=O) groups is 1. The third kappa shape index (κ3) is 3.71. The molecule has 1 heterocycles. The molecule has 0 saturated heterocycles. The number of fused-ring (bicyclic) bond motifs is 1. The van der Waals surface area contributed by atoms with Crippen molar-refractivity contribution < 1.29 is 22.7 Å². The maximum Gasteiger partial charge on any atom is 0.310 e. The highest BCUT2D eigenvalue weighted by Crippen LogP contribution is 2.23. The summed E-state index contributed by atoms with van der Waals surface area (Å²) in [7, 11) is -3.22. The van der Waals surface area contributed by atoms with Crippen LogP contribution in [0.1, 0.15) is 29.9 Å². The normalized spacial score (nSPS) is 13.0.